The number of carboxylic acid groups (broad SMARTS) is 1. The van der Waals surface area contributed by atoms with Crippen molar-refractivity contribution in [3.05, 3.63) is 36.6 Å². The van der Waals surface area contributed by atoms with E-state index in [0.717, 1.165) is 31.3 Å². The fourth-order valence-corrected chi connectivity index (χ4v) is 1.92. The van der Waals surface area contributed by atoms with Crippen LogP contribution in [-0.2, 0) is 23.9 Å². The minimum atomic E-state index is -1.65. The number of carbonyl (C=O) groups is 4. The van der Waals surface area contributed by atoms with E-state index < -0.39 is 36.2 Å². The number of hydrogen-bond acceptors (Lipinski definition) is 5. The molecule has 144 valence electrons. The van der Waals surface area contributed by atoms with Crippen molar-refractivity contribution in [1.29, 1.82) is 0 Å². The highest BCUT2D eigenvalue weighted by atomic mass is 16.5. The van der Waals surface area contributed by atoms with Crippen LogP contribution in [0.4, 0.5) is 0 Å². The fraction of sp³-hybridized carbons (Fsp3) is 0.474. The normalized spacial score (nSPS) is 12.6. The SMILES string of the molecule is C/C=C/OC(=O)CC(C(=O)O)N(C(=O)/C=C/CCC)C(=O)/C=C/CCC. The van der Waals surface area contributed by atoms with E-state index in [0.29, 0.717) is 17.7 Å². The van der Waals surface area contributed by atoms with Gasteiger partial charge in [-0.05, 0) is 31.9 Å². The van der Waals surface area contributed by atoms with Crippen molar-refractivity contribution in [2.45, 2.75) is 58.9 Å². The Hall–Kier alpha value is -2.70. The van der Waals surface area contributed by atoms with E-state index in [1.807, 2.05) is 13.8 Å². The Morgan fingerprint density at radius 2 is 1.50 bits per heavy atom. The van der Waals surface area contributed by atoms with Gasteiger partial charge in [0, 0.05) is 0 Å². The lowest BCUT2D eigenvalue weighted by atomic mass is 10.1. The van der Waals surface area contributed by atoms with Gasteiger partial charge in [-0.3, -0.25) is 19.3 Å². The van der Waals surface area contributed by atoms with Crippen LogP contribution in [0.25, 0.3) is 0 Å². The Morgan fingerprint density at radius 3 is 1.88 bits per heavy atom. The average Bonchev–Trinajstić information content (AvgIpc) is 2.59. The van der Waals surface area contributed by atoms with E-state index in [1.54, 1.807) is 19.1 Å². The number of hydrogen-bond donors (Lipinski definition) is 1. The van der Waals surface area contributed by atoms with Crippen molar-refractivity contribution in [1.82, 2.24) is 4.90 Å². The van der Waals surface area contributed by atoms with Gasteiger partial charge in [0.2, 0.25) is 0 Å². The standard InChI is InChI=1S/C19H27NO6/c1-4-7-9-11-16(21)20(17(22)12-10-8-5-2)15(19(24)25)14-18(23)26-13-6-3/h6,9-13,15H,4-5,7-8,14H2,1-3H3,(H,24,25)/b11-9+,12-10+,13-6+. The third kappa shape index (κ3) is 8.96. The Balaban J connectivity index is 5.57. The summed E-state index contributed by atoms with van der Waals surface area (Å²) in [4.78, 5) is 48.7. The largest absolute Gasteiger partial charge is 0.480 e. The highest BCUT2D eigenvalue weighted by Gasteiger charge is 2.34. The zero-order valence-electron chi connectivity index (χ0n) is 15.5. The Labute approximate surface area is 154 Å². The molecule has 1 N–H and O–H groups in total. The maximum Gasteiger partial charge on any atom is 0.327 e. The van der Waals surface area contributed by atoms with Crippen molar-refractivity contribution in [2.24, 2.45) is 0 Å². The van der Waals surface area contributed by atoms with Crippen LogP contribution >= 0.6 is 0 Å². The fourth-order valence-electron chi connectivity index (χ4n) is 1.92. The predicted octanol–water partition coefficient (Wildman–Crippen LogP) is 2.97. The number of imide groups is 1. The molecular weight excluding hydrogens is 338 g/mol. The van der Waals surface area contributed by atoms with Crippen LogP contribution in [0.3, 0.4) is 0 Å². The summed E-state index contributed by atoms with van der Waals surface area (Å²) in [6.45, 7) is 5.46. The highest BCUT2D eigenvalue weighted by molar-refractivity contribution is 6.08. The van der Waals surface area contributed by atoms with Crippen LogP contribution in [-0.4, -0.2) is 39.8 Å². The number of carbonyl (C=O) groups excluding carboxylic acids is 3. The van der Waals surface area contributed by atoms with Crippen molar-refractivity contribution in [3.8, 4) is 0 Å². The second-order valence-corrected chi connectivity index (χ2v) is 5.45. The van der Waals surface area contributed by atoms with Crippen molar-refractivity contribution in [2.75, 3.05) is 0 Å². The first-order valence-electron chi connectivity index (χ1n) is 8.62. The van der Waals surface area contributed by atoms with Gasteiger partial charge in [-0.2, -0.15) is 0 Å². The molecule has 0 rings (SSSR count). The molecule has 0 radical (unpaired) electrons. The summed E-state index contributed by atoms with van der Waals surface area (Å²) in [7, 11) is 0. The number of nitrogens with zero attached hydrogens (tertiary/aromatic N) is 1. The molecule has 0 saturated carbocycles. The summed E-state index contributed by atoms with van der Waals surface area (Å²) in [6, 6.07) is -1.65. The van der Waals surface area contributed by atoms with E-state index >= 15 is 0 Å². The summed E-state index contributed by atoms with van der Waals surface area (Å²) < 4.78 is 4.71. The monoisotopic (exact) mass is 365 g/mol. The molecule has 0 bridgehead atoms. The number of amides is 2. The molecule has 0 spiro atoms. The maximum atomic E-state index is 12.4. The number of esters is 1. The van der Waals surface area contributed by atoms with Gasteiger partial charge in [0.1, 0.15) is 6.04 Å². The molecule has 0 aliphatic carbocycles. The number of carboxylic acids is 1. The third-order valence-corrected chi connectivity index (χ3v) is 3.20. The molecule has 1 atom stereocenters. The summed E-state index contributed by atoms with van der Waals surface area (Å²) in [5.74, 6) is -3.88. The summed E-state index contributed by atoms with van der Waals surface area (Å²) in [5, 5.41) is 9.44. The Morgan fingerprint density at radius 1 is 1.00 bits per heavy atom. The molecule has 0 aromatic rings. The van der Waals surface area contributed by atoms with Gasteiger partial charge in [-0.15, -0.1) is 0 Å². The molecule has 1 unspecified atom stereocenters. The number of allylic oxidation sites excluding steroid dienone is 3. The lowest BCUT2D eigenvalue weighted by Crippen LogP contribution is -2.48. The first-order chi connectivity index (χ1) is 12.4. The summed E-state index contributed by atoms with van der Waals surface area (Å²) in [5.41, 5.74) is 0. The minimum absolute atomic E-state index is 0.581. The van der Waals surface area contributed by atoms with Crippen LogP contribution in [0, 0.1) is 0 Å². The quantitative estimate of drug-likeness (QED) is 0.343. The molecular formula is C19H27NO6. The van der Waals surface area contributed by atoms with Crippen molar-refractivity contribution in [3.63, 3.8) is 0 Å². The second kappa shape index (κ2) is 13.6. The van der Waals surface area contributed by atoms with Crippen molar-refractivity contribution < 1.29 is 29.0 Å². The Kier molecular flexibility index (Phi) is 12.2. The molecule has 0 aliphatic rings. The van der Waals surface area contributed by atoms with Crippen LogP contribution in [0.1, 0.15) is 52.9 Å². The maximum absolute atomic E-state index is 12.4. The van der Waals surface area contributed by atoms with E-state index in [1.165, 1.54) is 6.08 Å². The van der Waals surface area contributed by atoms with Crippen LogP contribution in [0.5, 0.6) is 0 Å². The summed E-state index contributed by atoms with van der Waals surface area (Å²) in [6.07, 6.45) is 10.2. The van der Waals surface area contributed by atoms with Gasteiger partial charge in [0.25, 0.3) is 11.8 Å². The summed E-state index contributed by atoms with van der Waals surface area (Å²) >= 11 is 0. The van der Waals surface area contributed by atoms with Gasteiger partial charge >= 0.3 is 11.9 Å². The first-order valence-corrected chi connectivity index (χ1v) is 8.62. The van der Waals surface area contributed by atoms with Crippen LogP contribution < -0.4 is 0 Å². The minimum Gasteiger partial charge on any atom is -0.480 e. The van der Waals surface area contributed by atoms with Gasteiger partial charge in [-0.1, -0.05) is 44.9 Å². The number of aliphatic carboxylic acids is 1. The lowest BCUT2D eigenvalue weighted by molar-refractivity contribution is -0.157. The zero-order chi connectivity index (χ0) is 19.9. The second-order valence-electron chi connectivity index (χ2n) is 5.45. The molecule has 0 aliphatic heterocycles. The van der Waals surface area contributed by atoms with E-state index in [4.69, 9.17) is 4.74 Å². The van der Waals surface area contributed by atoms with Crippen LogP contribution in [0.15, 0.2) is 36.6 Å². The molecule has 0 heterocycles. The van der Waals surface area contributed by atoms with E-state index in [9.17, 15) is 24.3 Å². The van der Waals surface area contributed by atoms with Crippen LogP contribution in [0.2, 0.25) is 0 Å². The first kappa shape index (κ1) is 23.3. The molecule has 7 heteroatoms. The lowest BCUT2D eigenvalue weighted by Gasteiger charge is -2.24. The molecule has 2 amide bonds. The topological polar surface area (TPSA) is 101 Å². The number of ether oxygens (including phenoxy) is 1. The molecule has 0 aromatic carbocycles. The van der Waals surface area contributed by atoms with E-state index in [-0.39, 0.29) is 0 Å². The number of rotatable bonds is 11. The predicted molar refractivity (Wildman–Crippen MR) is 96.9 cm³/mol. The molecule has 0 saturated heterocycles. The molecule has 0 fully saturated rings. The third-order valence-electron chi connectivity index (χ3n) is 3.20. The Bertz CT molecular complexity index is 549. The zero-order valence-corrected chi connectivity index (χ0v) is 15.5. The average molecular weight is 365 g/mol. The highest BCUT2D eigenvalue weighted by Crippen LogP contribution is 2.11. The van der Waals surface area contributed by atoms with Gasteiger partial charge in [0.05, 0.1) is 12.7 Å². The van der Waals surface area contributed by atoms with E-state index in [2.05, 4.69) is 0 Å². The molecule has 0 aromatic heterocycles. The molecule has 26 heavy (non-hydrogen) atoms. The van der Waals surface area contributed by atoms with Gasteiger partial charge in [-0.25, -0.2) is 4.79 Å². The molecule has 7 nitrogen and oxygen atoms in total. The van der Waals surface area contributed by atoms with Gasteiger partial charge in [0.15, 0.2) is 0 Å². The van der Waals surface area contributed by atoms with Gasteiger partial charge < -0.3 is 9.84 Å². The smallest absolute Gasteiger partial charge is 0.327 e. The van der Waals surface area contributed by atoms with Crippen molar-refractivity contribution >= 4 is 23.8 Å². The number of unbranched alkanes of at least 4 members (excludes halogenated alkanes) is 2.